The van der Waals surface area contributed by atoms with Gasteiger partial charge in [-0.15, -0.1) is 0 Å². The summed E-state index contributed by atoms with van der Waals surface area (Å²) in [5, 5.41) is 4.00. The van der Waals surface area contributed by atoms with Gasteiger partial charge in [0, 0.05) is 23.0 Å². The molecule has 0 spiro atoms. The third-order valence-corrected chi connectivity index (χ3v) is 4.44. The highest BCUT2D eigenvalue weighted by atomic mass is 35.5. The van der Waals surface area contributed by atoms with Crippen molar-refractivity contribution in [1.82, 2.24) is 10.3 Å². The summed E-state index contributed by atoms with van der Waals surface area (Å²) < 4.78 is 4.84. The Kier molecular flexibility index (Phi) is 5.49. The Morgan fingerprint density at radius 1 is 1.12 bits per heavy atom. The van der Waals surface area contributed by atoms with Crippen LogP contribution in [-0.2, 0) is 16.0 Å². The third-order valence-electron chi connectivity index (χ3n) is 4.07. The van der Waals surface area contributed by atoms with Gasteiger partial charge in [0.2, 0.25) is 0 Å². The fraction of sp³-hybridized carbons (Fsp3) is 0.150. The van der Waals surface area contributed by atoms with Crippen LogP contribution in [0.25, 0.3) is 10.9 Å². The summed E-state index contributed by atoms with van der Waals surface area (Å²) in [5.74, 6) is -0.900. The number of carbonyl (C=O) groups excluding carboxylic acids is 2. The van der Waals surface area contributed by atoms with Crippen LogP contribution in [0.1, 0.15) is 15.9 Å². The molecule has 1 N–H and O–H groups in total. The van der Waals surface area contributed by atoms with Crippen molar-refractivity contribution < 1.29 is 14.3 Å². The zero-order chi connectivity index (χ0) is 18.5. The molecule has 0 unspecified atom stereocenters. The van der Waals surface area contributed by atoms with Gasteiger partial charge in [0.05, 0.1) is 18.2 Å². The second kappa shape index (κ2) is 7.97. The number of methoxy groups -OCH3 is 1. The van der Waals surface area contributed by atoms with Gasteiger partial charge in [-0.05, 0) is 23.8 Å². The number of rotatable bonds is 5. The number of aromatic nitrogens is 1. The molecule has 0 aliphatic rings. The summed E-state index contributed by atoms with van der Waals surface area (Å²) in [5.41, 5.74) is 1.91. The molecule has 26 heavy (non-hydrogen) atoms. The topological polar surface area (TPSA) is 68.3 Å². The molecule has 3 rings (SSSR count). The largest absolute Gasteiger partial charge is 0.467 e. The van der Waals surface area contributed by atoms with Crippen LogP contribution in [0.2, 0.25) is 5.02 Å². The van der Waals surface area contributed by atoms with Crippen molar-refractivity contribution in [3.05, 3.63) is 76.9 Å². The summed E-state index contributed by atoms with van der Waals surface area (Å²) in [6, 6.07) is 15.3. The van der Waals surface area contributed by atoms with Crippen LogP contribution < -0.4 is 5.32 Å². The van der Waals surface area contributed by atoms with Gasteiger partial charge in [0.15, 0.2) is 0 Å². The van der Waals surface area contributed by atoms with Crippen molar-refractivity contribution in [2.45, 2.75) is 12.5 Å². The normalized spacial score (nSPS) is 11.8. The van der Waals surface area contributed by atoms with Crippen LogP contribution in [0.15, 0.2) is 60.8 Å². The van der Waals surface area contributed by atoms with E-state index >= 15 is 0 Å². The van der Waals surface area contributed by atoms with Crippen LogP contribution in [0.3, 0.4) is 0 Å². The molecule has 1 atom stereocenters. The first-order valence-corrected chi connectivity index (χ1v) is 8.44. The zero-order valence-electron chi connectivity index (χ0n) is 14.1. The summed E-state index contributed by atoms with van der Waals surface area (Å²) in [4.78, 5) is 29.2. The van der Waals surface area contributed by atoms with Gasteiger partial charge in [-0.25, -0.2) is 4.79 Å². The van der Waals surface area contributed by atoms with E-state index in [-0.39, 0.29) is 12.3 Å². The van der Waals surface area contributed by atoms with Gasteiger partial charge in [-0.3, -0.25) is 9.78 Å². The number of fused-ring (bicyclic) bond motifs is 1. The number of nitrogens with zero attached hydrogens (tertiary/aromatic N) is 1. The molecule has 0 aliphatic carbocycles. The van der Waals surface area contributed by atoms with Crippen LogP contribution in [0.5, 0.6) is 0 Å². The Labute approximate surface area is 156 Å². The summed E-state index contributed by atoms with van der Waals surface area (Å²) in [6.45, 7) is 0. The maximum atomic E-state index is 12.8. The molecule has 0 saturated carbocycles. The monoisotopic (exact) mass is 368 g/mol. The summed E-state index contributed by atoms with van der Waals surface area (Å²) >= 11 is 6.17. The number of ether oxygens (including phenoxy) is 1. The molecule has 1 heterocycles. The van der Waals surface area contributed by atoms with Crippen LogP contribution in [0, 0.1) is 0 Å². The quantitative estimate of drug-likeness (QED) is 0.701. The molecule has 0 saturated heterocycles. The number of carbonyl (C=O) groups is 2. The average molecular weight is 369 g/mol. The second-order valence-corrected chi connectivity index (χ2v) is 6.13. The second-order valence-electron chi connectivity index (χ2n) is 5.72. The molecule has 2 aromatic carbocycles. The van der Waals surface area contributed by atoms with Gasteiger partial charge in [-0.1, -0.05) is 48.0 Å². The van der Waals surface area contributed by atoms with Gasteiger partial charge in [-0.2, -0.15) is 0 Å². The molecule has 1 aromatic heterocycles. The summed E-state index contributed by atoms with van der Waals surface area (Å²) in [7, 11) is 1.29. The molecule has 132 valence electrons. The van der Waals surface area contributed by atoms with Gasteiger partial charge >= 0.3 is 5.97 Å². The van der Waals surface area contributed by atoms with E-state index in [0.29, 0.717) is 21.5 Å². The lowest BCUT2D eigenvalue weighted by Crippen LogP contribution is -2.43. The van der Waals surface area contributed by atoms with E-state index in [9.17, 15) is 9.59 Å². The lowest BCUT2D eigenvalue weighted by molar-refractivity contribution is -0.142. The number of halogens is 1. The SMILES string of the molecule is COC(=O)[C@H](Cc1ccccc1Cl)NC(=O)c1ccnc2ccccc12. The summed E-state index contributed by atoms with van der Waals surface area (Å²) in [6.07, 6.45) is 1.81. The first-order valence-electron chi connectivity index (χ1n) is 8.06. The van der Waals surface area contributed by atoms with E-state index in [0.717, 1.165) is 5.56 Å². The van der Waals surface area contributed by atoms with Crippen molar-refractivity contribution >= 4 is 34.4 Å². The Balaban J connectivity index is 1.88. The van der Waals surface area contributed by atoms with E-state index in [1.54, 1.807) is 24.4 Å². The smallest absolute Gasteiger partial charge is 0.328 e. The van der Waals surface area contributed by atoms with Gasteiger partial charge in [0.1, 0.15) is 6.04 Å². The average Bonchev–Trinajstić information content (AvgIpc) is 2.67. The molecule has 0 fully saturated rings. The predicted molar refractivity (Wildman–Crippen MR) is 100 cm³/mol. The van der Waals surface area contributed by atoms with E-state index in [4.69, 9.17) is 16.3 Å². The molecule has 6 heteroatoms. The minimum absolute atomic E-state index is 0.237. The number of hydrogen-bond donors (Lipinski definition) is 1. The Hall–Kier alpha value is -2.92. The molecule has 0 aliphatic heterocycles. The highest BCUT2D eigenvalue weighted by Crippen LogP contribution is 2.19. The standard InChI is InChI=1S/C20H17ClN2O3/c1-26-20(25)18(12-13-6-2-4-8-16(13)21)23-19(24)15-10-11-22-17-9-5-3-7-14(15)17/h2-11,18H,12H2,1H3,(H,23,24)/t18-/m0/s1. The van der Waals surface area contributed by atoms with Crippen molar-refractivity contribution in [3.63, 3.8) is 0 Å². The number of para-hydroxylation sites is 1. The highest BCUT2D eigenvalue weighted by molar-refractivity contribution is 6.31. The van der Waals surface area contributed by atoms with Crippen LogP contribution in [-0.4, -0.2) is 30.0 Å². The van der Waals surface area contributed by atoms with E-state index < -0.39 is 12.0 Å². The van der Waals surface area contributed by atoms with Crippen molar-refractivity contribution in [3.8, 4) is 0 Å². The molecule has 3 aromatic rings. The lowest BCUT2D eigenvalue weighted by atomic mass is 10.0. The van der Waals surface area contributed by atoms with Crippen molar-refractivity contribution in [1.29, 1.82) is 0 Å². The van der Waals surface area contributed by atoms with Crippen LogP contribution >= 0.6 is 11.6 Å². The van der Waals surface area contributed by atoms with Gasteiger partial charge in [0.25, 0.3) is 5.91 Å². The minimum atomic E-state index is -0.848. The lowest BCUT2D eigenvalue weighted by Gasteiger charge is -2.18. The number of esters is 1. The van der Waals surface area contributed by atoms with Crippen molar-refractivity contribution in [2.24, 2.45) is 0 Å². The van der Waals surface area contributed by atoms with E-state index in [2.05, 4.69) is 10.3 Å². The maximum absolute atomic E-state index is 12.8. The van der Waals surface area contributed by atoms with Crippen molar-refractivity contribution in [2.75, 3.05) is 7.11 Å². The number of benzene rings is 2. The Morgan fingerprint density at radius 2 is 1.85 bits per heavy atom. The molecule has 1 amide bonds. The zero-order valence-corrected chi connectivity index (χ0v) is 14.9. The maximum Gasteiger partial charge on any atom is 0.328 e. The molecular formula is C20H17ClN2O3. The molecule has 0 radical (unpaired) electrons. The minimum Gasteiger partial charge on any atom is -0.467 e. The predicted octanol–water partition coefficient (Wildman–Crippen LogP) is 3.40. The number of hydrogen-bond acceptors (Lipinski definition) is 4. The first-order chi connectivity index (χ1) is 12.6. The van der Waals surface area contributed by atoms with E-state index in [1.807, 2.05) is 36.4 Å². The van der Waals surface area contributed by atoms with E-state index in [1.165, 1.54) is 7.11 Å². The number of nitrogens with one attached hydrogen (secondary N) is 1. The molecule has 5 nitrogen and oxygen atoms in total. The first kappa shape index (κ1) is 17.9. The number of amides is 1. The fourth-order valence-electron chi connectivity index (χ4n) is 2.75. The fourth-order valence-corrected chi connectivity index (χ4v) is 2.96. The third kappa shape index (κ3) is 3.83. The van der Waals surface area contributed by atoms with Crippen LogP contribution in [0.4, 0.5) is 0 Å². The molecule has 0 bridgehead atoms. The number of pyridine rings is 1. The Bertz CT molecular complexity index is 953. The Morgan fingerprint density at radius 3 is 2.62 bits per heavy atom. The highest BCUT2D eigenvalue weighted by Gasteiger charge is 2.24. The molecular weight excluding hydrogens is 352 g/mol. The van der Waals surface area contributed by atoms with Gasteiger partial charge < -0.3 is 10.1 Å².